The molecule has 0 radical (unpaired) electrons. The minimum atomic E-state index is -0.948. The first-order valence-electron chi connectivity index (χ1n) is 10.9. The largest absolute Gasteiger partial charge is 0.480 e. The van der Waals surface area contributed by atoms with Crippen LogP contribution in [0.15, 0.2) is 30.3 Å². The number of carbonyl (C=O) groups excluding carboxylic acids is 2. The van der Waals surface area contributed by atoms with Crippen molar-refractivity contribution < 1.29 is 24.2 Å². The molecule has 0 bridgehead atoms. The Morgan fingerprint density at radius 1 is 1.23 bits per heavy atom. The maximum atomic E-state index is 13.2. The minimum absolute atomic E-state index is 0.00629. The summed E-state index contributed by atoms with van der Waals surface area (Å²) in [6.45, 7) is 3.72. The normalized spacial score (nSPS) is 24.9. The average Bonchev–Trinajstić information content (AvgIpc) is 3.32. The predicted molar refractivity (Wildman–Crippen MR) is 112 cm³/mol. The minimum Gasteiger partial charge on any atom is -0.480 e. The fourth-order valence-corrected chi connectivity index (χ4v) is 4.89. The van der Waals surface area contributed by atoms with Crippen LogP contribution in [0.3, 0.4) is 0 Å². The van der Waals surface area contributed by atoms with Crippen LogP contribution in [0, 0.1) is 5.92 Å². The van der Waals surface area contributed by atoms with E-state index in [2.05, 4.69) is 5.32 Å². The number of ether oxygens (including phenoxy) is 1. The van der Waals surface area contributed by atoms with Crippen molar-refractivity contribution in [3.05, 3.63) is 35.9 Å². The molecule has 5 atom stereocenters. The number of carboxylic acids is 1. The molecule has 1 aromatic rings. The van der Waals surface area contributed by atoms with E-state index in [1.807, 2.05) is 30.3 Å². The zero-order valence-corrected chi connectivity index (χ0v) is 17.8. The Labute approximate surface area is 177 Å². The number of carbonyl (C=O) groups is 3. The summed E-state index contributed by atoms with van der Waals surface area (Å²) in [6, 6.07) is 7.76. The molecule has 2 aliphatic rings. The van der Waals surface area contributed by atoms with Gasteiger partial charge in [-0.2, -0.15) is 0 Å². The lowest BCUT2D eigenvalue weighted by atomic mass is 10.0. The van der Waals surface area contributed by atoms with Gasteiger partial charge in [0.25, 0.3) is 0 Å². The number of aliphatic carboxylic acids is 1. The number of carboxylic acid groups (broad SMARTS) is 1. The number of aryl methyl sites for hydroxylation is 1. The SMILES string of the molecule is CCOC(=O)[C@H](CCc1ccccc1)N[C@@H](C)C(=O)N1C(C(=O)O)C[C@@H]2CCC[C@@H]21. The first-order chi connectivity index (χ1) is 14.4. The molecule has 1 unspecified atom stereocenters. The monoisotopic (exact) mass is 416 g/mol. The summed E-state index contributed by atoms with van der Waals surface area (Å²) in [5, 5.41) is 12.8. The Morgan fingerprint density at radius 2 is 1.97 bits per heavy atom. The van der Waals surface area contributed by atoms with E-state index in [-0.39, 0.29) is 30.4 Å². The quantitative estimate of drug-likeness (QED) is 0.600. The molecular formula is C23H32N2O5. The lowest BCUT2D eigenvalue weighted by Crippen LogP contribution is -2.55. The van der Waals surface area contributed by atoms with Crippen molar-refractivity contribution in [2.45, 2.75) is 76.5 Å². The van der Waals surface area contributed by atoms with Gasteiger partial charge < -0.3 is 14.7 Å². The van der Waals surface area contributed by atoms with Gasteiger partial charge in [0.05, 0.1) is 12.6 Å². The molecule has 1 aliphatic carbocycles. The van der Waals surface area contributed by atoms with Crippen molar-refractivity contribution in [1.82, 2.24) is 10.2 Å². The predicted octanol–water partition coefficient (Wildman–Crippen LogP) is 2.38. The van der Waals surface area contributed by atoms with Gasteiger partial charge in [0, 0.05) is 6.04 Å². The number of hydrogen-bond donors (Lipinski definition) is 2. The van der Waals surface area contributed by atoms with Gasteiger partial charge in [-0.15, -0.1) is 0 Å². The topological polar surface area (TPSA) is 95.9 Å². The van der Waals surface area contributed by atoms with E-state index in [0.717, 1.165) is 24.8 Å². The van der Waals surface area contributed by atoms with Gasteiger partial charge in [-0.3, -0.25) is 14.9 Å². The van der Waals surface area contributed by atoms with E-state index >= 15 is 0 Å². The summed E-state index contributed by atoms with van der Waals surface area (Å²) in [6.07, 6.45) is 4.54. The third-order valence-electron chi connectivity index (χ3n) is 6.33. The van der Waals surface area contributed by atoms with Gasteiger partial charge in [0.1, 0.15) is 12.1 Å². The van der Waals surface area contributed by atoms with E-state index < -0.39 is 24.1 Å². The standard InChI is InChI=1S/C23H32N2O5/c1-3-30-23(29)18(13-12-16-8-5-4-6-9-16)24-15(2)21(26)25-19-11-7-10-17(19)14-20(25)22(27)28/h4-6,8-9,15,17-20,24H,3,7,10-14H2,1-2H3,(H,27,28)/t15-,17-,18-,19-,20?/m0/s1. The number of nitrogens with one attached hydrogen (secondary N) is 1. The van der Waals surface area contributed by atoms with Crippen LogP contribution in [0.1, 0.15) is 51.5 Å². The van der Waals surface area contributed by atoms with Gasteiger partial charge in [-0.05, 0) is 57.4 Å². The average molecular weight is 417 g/mol. The molecule has 7 heteroatoms. The highest BCUT2D eigenvalue weighted by molar-refractivity contribution is 5.88. The van der Waals surface area contributed by atoms with Crippen LogP contribution in [0.25, 0.3) is 0 Å². The van der Waals surface area contributed by atoms with Crippen LogP contribution < -0.4 is 5.32 Å². The van der Waals surface area contributed by atoms with Crippen LogP contribution in [0.4, 0.5) is 0 Å². The third kappa shape index (κ3) is 5.01. The molecule has 1 heterocycles. The van der Waals surface area contributed by atoms with Crippen LogP contribution in [-0.2, 0) is 25.5 Å². The number of esters is 1. The number of amides is 1. The maximum absolute atomic E-state index is 13.2. The van der Waals surface area contributed by atoms with Crippen molar-refractivity contribution >= 4 is 17.8 Å². The second kappa shape index (κ2) is 10.1. The molecule has 3 rings (SSSR count). The highest BCUT2D eigenvalue weighted by Crippen LogP contribution is 2.41. The number of rotatable bonds is 9. The molecule has 1 aromatic carbocycles. The van der Waals surface area contributed by atoms with Crippen LogP contribution >= 0.6 is 0 Å². The fourth-order valence-electron chi connectivity index (χ4n) is 4.89. The molecule has 0 spiro atoms. The molecule has 2 fully saturated rings. The number of hydrogen-bond acceptors (Lipinski definition) is 5. The van der Waals surface area contributed by atoms with Gasteiger partial charge in [-0.1, -0.05) is 36.8 Å². The Morgan fingerprint density at radius 3 is 2.63 bits per heavy atom. The fraction of sp³-hybridized carbons (Fsp3) is 0.609. The van der Waals surface area contributed by atoms with Gasteiger partial charge in [0.15, 0.2) is 0 Å². The Balaban J connectivity index is 1.68. The van der Waals surface area contributed by atoms with Crippen LogP contribution in [-0.4, -0.2) is 58.6 Å². The van der Waals surface area contributed by atoms with Gasteiger partial charge in [-0.25, -0.2) is 4.79 Å². The Kier molecular flexibility index (Phi) is 7.48. The van der Waals surface area contributed by atoms with Crippen LogP contribution in [0.5, 0.6) is 0 Å². The first kappa shape index (κ1) is 22.3. The smallest absolute Gasteiger partial charge is 0.326 e. The molecule has 2 N–H and O–H groups in total. The molecule has 1 aliphatic heterocycles. The molecule has 1 saturated carbocycles. The second-order valence-corrected chi connectivity index (χ2v) is 8.31. The van der Waals surface area contributed by atoms with Gasteiger partial charge >= 0.3 is 11.9 Å². The molecule has 1 saturated heterocycles. The summed E-state index contributed by atoms with van der Waals surface area (Å²) in [5.41, 5.74) is 1.10. The Bertz CT molecular complexity index is 753. The molecule has 1 amide bonds. The molecule has 30 heavy (non-hydrogen) atoms. The van der Waals surface area contributed by atoms with Crippen LogP contribution in [0.2, 0.25) is 0 Å². The van der Waals surface area contributed by atoms with Crippen molar-refractivity contribution in [2.24, 2.45) is 5.92 Å². The molecular weight excluding hydrogens is 384 g/mol. The summed E-state index contributed by atoms with van der Waals surface area (Å²) in [7, 11) is 0. The van der Waals surface area contributed by atoms with E-state index in [0.29, 0.717) is 19.3 Å². The maximum Gasteiger partial charge on any atom is 0.326 e. The lowest BCUT2D eigenvalue weighted by Gasteiger charge is -2.31. The Hall–Kier alpha value is -2.41. The summed E-state index contributed by atoms with van der Waals surface area (Å²) in [4.78, 5) is 39.1. The number of fused-ring (bicyclic) bond motifs is 1. The molecule has 7 nitrogen and oxygen atoms in total. The lowest BCUT2D eigenvalue weighted by molar-refractivity contribution is -0.151. The van der Waals surface area contributed by atoms with Crippen molar-refractivity contribution in [1.29, 1.82) is 0 Å². The summed E-state index contributed by atoms with van der Waals surface area (Å²) >= 11 is 0. The van der Waals surface area contributed by atoms with Crippen molar-refractivity contribution in [3.63, 3.8) is 0 Å². The van der Waals surface area contributed by atoms with E-state index in [1.54, 1.807) is 18.7 Å². The van der Waals surface area contributed by atoms with Crippen molar-refractivity contribution in [2.75, 3.05) is 6.61 Å². The summed E-state index contributed by atoms with van der Waals surface area (Å²) in [5.74, 6) is -1.31. The zero-order chi connectivity index (χ0) is 21.7. The second-order valence-electron chi connectivity index (χ2n) is 8.31. The number of likely N-dealkylation sites (tertiary alicyclic amines) is 1. The molecule has 164 valence electrons. The third-order valence-corrected chi connectivity index (χ3v) is 6.33. The number of benzene rings is 1. The van der Waals surface area contributed by atoms with E-state index in [1.165, 1.54) is 0 Å². The number of nitrogens with zero attached hydrogens (tertiary/aromatic N) is 1. The highest BCUT2D eigenvalue weighted by Gasteiger charge is 2.49. The van der Waals surface area contributed by atoms with E-state index in [9.17, 15) is 19.5 Å². The highest BCUT2D eigenvalue weighted by atomic mass is 16.5. The first-order valence-corrected chi connectivity index (χ1v) is 10.9. The summed E-state index contributed by atoms with van der Waals surface area (Å²) < 4.78 is 5.21. The van der Waals surface area contributed by atoms with Crippen molar-refractivity contribution in [3.8, 4) is 0 Å². The zero-order valence-electron chi connectivity index (χ0n) is 17.8. The van der Waals surface area contributed by atoms with E-state index in [4.69, 9.17) is 4.74 Å². The van der Waals surface area contributed by atoms with Gasteiger partial charge in [0.2, 0.25) is 5.91 Å². The molecule has 0 aromatic heterocycles.